The number of hydrogen-bond donors (Lipinski definition) is 1. The number of aliphatic hydroxyl groups excluding tert-OH is 1. The first-order valence-electron chi connectivity index (χ1n) is 9.36. The monoisotopic (exact) mass is 433 g/mol. The van der Waals surface area contributed by atoms with Crippen molar-refractivity contribution >= 4 is 11.6 Å². The molecule has 0 amide bonds. The zero-order valence-electron chi connectivity index (χ0n) is 16.3. The van der Waals surface area contributed by atoms with Crippen LogP contribution in [0.25, 0.3) is 0 Å². The molecule has 0 radical (unpaired) electrons. The molecule has 158 valence electrons. The van der Waals surface area contributed by atoms with E-state index in [1.165, 1.54) is 6.20 Å². The highest BCUT2D eigenvalue weighted by Crippen LogP contribution is 2.42. The largest absolute Gasteiger partial charge is 0.394 e. The van der Waals surface area contributed by atoms with Crippen LogP contribution in [-0.2, 0) is 20.8 Å². The maximum atomic E-state index is 13.2. The second-order valence-electron chi connectivity index (χ2n) is 7.67. The van der Waals surface area contributed by atoms with Gasteiger partial charge in [0.15, 0.2) is 12.0 Å². The van der Waals surface area contributed by atoms with Crippen molar-refractivity contribution in [2.24, 2.45) is 0 Å². The molecule has 2 aromatic rings. The van der Waals surface area contributed by atoms with Gasteiger partial charge in [-0.25, -0.2) is 4.79 Å². The van der Waals surface area contributed by atoms with Crippen LogP contribution >= 0.6 is 11.6 Å². The van der Waals surface area contributed by atoms with Crippen molar-refractivity contribution in [1.82, 2.24) is 9.13 Å². The molecule has 30 heavy (non-hydrogen) atoms. The van der Waals surface area contributed by atoms with Crippen molar-refractivity contribution in [3.05, 3.63) is 67.4 Å². The van der Waals surface area contributed by atoms with Gasteiger partial charge in [0.1, 0.15) is 29.9 Å². The summed E-state index contributed by atoms with van der Waals surface area (Å²) in [6, 6.07) is 8.52. The van der Waals surface area contributed by atoms with Crippen LogP contribution in [0.3, 0.4) is 0 Å². The Bertz CT molecular complexity index is 1120. The fraction of sp³-hybridized carbons (Fsp3) is 0.450. The smallest absolute Gasteiger partial charge is 0.333 e. The van der Waals surface area contributed by atoms with Gasteiger partial charge in [0, 0.05) is 11.2 Å². The Labute approximate surface area is 176 Å². The Kier molecular flexibility index (Phi) is 5.30. The van der Waals surface area contributed by atoms with Gasteiger partial charge < -0.3 is 19.3 Å². The predicted octanol–water partition coefficient (Wildman–Crippen LogP) is 0.993. The van der Waals surface area contributed by atoms with Crippen molar-refractivity contribution in [3.63, 3.8) is 0 Å². The summed E-state index contributed by atoms with van der Waals surface area (Å²) in [5.41, 5.74) is -0.912. The first kappa shape index (κ1) is 20.8. The van der Waals surface area contributed by atoms with Crippen molar-refractivity contribution in [2.45, 2.75) is 50.7 Å². The number of nitrogens with zero attached hydrogens (tertiary/aromatic N) is 3. The number of ether oxygens (including phenoxy) is 3. The number of aromatic nitrogens is 2. The van der Waals surface area contributed by atoms with E-state index >= 15 is 0 Å². The summed E-state index contributed by atoms with van der Waals surface area (Å²) in [6.45, 7) is 3.07. The molecule has 1 aromatic heterocycles. The molecule has 0 saturated carbocycles. The molecule has 0 unspecified atom stereocenters. The van der Waals surface area contributed by atoms with E-state index in [-0.39, 0.29) is 18.7 Å². The lowest BCUT2D eigenvalue weighted by Crippen LogP contribution is -2.44. The summed E-state index contributed by atoms with van der Waals surface area (Å²) >= 11 is 5.90. The van der Waals surface area contributed by atoms with E-state index in [4.69, 9.17) is 25.8 Å². The highest BCUT2D eigenvalue weighted by atomic mass is 35.5. The first-order chi connectivity index (χ1) is 14.2. The molecular weight excluding hydrogens is 414 g/mol. The zero-order chi connectivity index (χ0) is 21.6. The third kappa shape index (κ3) is 3.57. The van der Waals surface area contributed by atoms with Crippen LogP contribution in [0.15, 0.2) is 40.1 Å². The number of hydrogen-bond acceptors (Lipinski definition) is 7. The molecule has 2 fully saturated rings. The molecule has 9 nitrogen and oxygen atoms in total. The third-order valence-electron chi connectivity index (χ3n) is 5.15. The molecule has 0 bridgehead atoms. The normalized spacial score (nSPS) is 27.0. The highest BCUT2D eigenvalue weighted by Gasteiger charge is 2.56. The molecule has 10 heteroatoms. The summed E-state index contributed by atoms with van der Waals surface area (Å²) in [5, 5.41) is 19.6. The maximum absolute atomic E-state index is 13.2. The second kappa shape index (κ2) is 7.65. The van der Waals surface area contributed by atoms with Gasteiger partial charge in [-0.1, -0.05) is 23.7 Å². The van der Waals surface area contributed by atoms with Gasteiger partial charge in [-0.2, -0.15) is 5.26 Å². The quantitative estimate of drug-likeness (QED) is 0.764. The lowest BCUT2D eigenvalue weighted by atomic mass is 10.1. The molecule has 4 atom stereocenters. The average molecular weight is 434 g/mol. The van der Waals surface area contributed by atoms with E-state index in [1.807, 2.05) is 6.07 Å². The molecule has 1 aromatic carbocycles. The highest BCUT2D eigenvalue weighted by molar-refractivity contribution is 6.30. The van der Waals surface area contributed by atoms with Crippen LogP contribution in [0.2, 0.25) is 5.02 Å². The molecular formula is C20H20ClN3O6. The second-order valence-corrected chi connectivity index (χ2v) is 8.11. The van der Waals surface area contributed by atoms with Crippen LogP contribution < -0.4 is 11.2 Å². The lowest BCUT2D eigenvalue weighted by Gasteiger charge is -2.25. The standard InChI is InChI=1S/C20H20ClN3O6/c1-20(2)29-15-14(10-25)28-18(16(15)30-20)24-9-12(7-22)17(26)23(19(24)27)8-11-3-5-13(21)6-4-11/h3-6,9,14-16,18,25H,8,10H2,1-2H3/t14-,15-,16-,18-/m1/s1. The fourth-order valence-corrected chi connectivity index (χ4v) is 3.95. The Hall–Kier alpha value is -2.48. The number of aliphatic hydroxyl groups is 1. The SMILES string of the molecule is CC1(C)O[C@@H]2[C@H](O1)[C@@H](CO)O[C@H]2n1cc(C#N)c(=O)n(Cc2ccc(Cl)cc2)c1=O. The van der Waals surface area contributed by atoms with E-state index in [0.29, 0.717) is 10.6 Å². The van der Waals surface area contributed by atoms with Gasteiger partial charge in [0.25, 0.3) is 5.56 Å². The number of rotatable bonds is 4. The number of benzene rings is 1. The topological polar surface area (TPSA) is 116 Å². The average Bonchev–Trinajstić information content (AvgIpc) is 3.19. The van der Waals surface area contributed by atoms with Crippen molar-refractivity contribution < 1.29 is 19.3 Å². The van der Waals surface area contributed by atoms with E-state index in [0.717, 1.165) is 9.13 Å². The van der Waals surface area contributed by atoms with Crippen molar-refractivity contribution in [3.8, 4) is 6.07 Å². The van der Waals surface area contributed by atoms with E-state index in [1.54, 1.807) is 38.1 Å². The maximum Gasteiger partial charge on any atom is 0.333 e. The van der Waals surface area contributed by atoms with Crippen LogP contribution in [0.5, 0.6) is 0 Å². The molecule has 3 heterocycles. The lowest BCUT2D eigenvalue weighted by molar-refractivity contribution is -0.200. The van der Waals surface area contributed by atoms with Crippen LogP contribution in [0.1, 0.15) is 31.2 Å². The Morgan fingerprint density at radius 3 is 2.50 bits per heavy atom. The predicted molar refractivity (Wildman–Crippen MR) is 105 cm³/mol. The van der Waals surface area contributed by atoms with Gasteiger partial charge >= 0.3 is 5.69 Å². The molecule has 1 N–H and O–H groups in total. The van der Waals surface area contributed by atoms with Crippen molar-refractivity contribution in [1.29, 1.82) is 5.26 Å². The minimum absolute atomic E-state index is 0.0442. The molecule has 2 aliphatic heterocycles. The van der Waals surface area contributed by atoms with E-state index in [2.05, 4.69) is 0 Å². The molecule has 2 saturated heterocycles. The first-order valence-corrected chi connectivity index (χ1v) is 9.74. The Balaban J connectivity index is 1.79. The molecule has 0 spiro atoms. The summed E-state index contributed by atoms with van der Waals surface area (Å²) in [4.78, 5) is 25.9. The van der Waals surface area contributed by atoms with Crippen LogP contribution in [-0.4, -0.2) is 44.9 Å². The summed E-state index contributed by atoms with van der Waals surface area (Å²) < 4.78 is 19.7. The molecule has 2 aliphatic rings. The Morgan fingerprint density at radius 2 is 1.87 bits per heavy atom. The molecule has 0 aliphatic carbocycles. The van der Waals surface area contributed by atoms with Gasteiger partial charge in [-0.3, -0.25) is 13.9 Å². The number of nitriles is 1. The van der Waals surface area contributed by atoms with Crippen LogP contribution in [0.4, 0.5) is 0 Å². The van der Waals surface area contributed by atoms with E-state index in [9.17, 15) is 20.0 Å². The zero-order valence-corrected chi connectivity index (χ0v) is 17.1. The number of fused-ring (bicyclic) bond motifs is 1. The summed E-state index contributed by atoms with van der Waals surface area (Å²) in [5.74, 6) is -0.926. The van der Waals surface area contributed by atoms with Crippen molar-refractivity contribution in [2.75, 3.05) is 6.61 Å². The fourth-order valence-electron chi connectivity index (χ4n) is 3.82. The van der Waals surface area contributed by atoms with Gasteiger partial charge in [0.2, 0.25) is 0 Å². The Morgan fingerprint density at radius 1 is 1.20 bits per heavy atom. The number of halogens is 1. The van der Waals surface area contributed by atoms with Gasteiger partial charge in [0.05, 0.1) is 13.2 Å². The minimum Gasteiger partial charge on any atom is -0.394 e. The molecule has 4 rings (SSSR count). The third-order valence-corrected chi connectivity index (χ3v) is 5.40. The van der Waals surface area contributed by atoms with Gasteiger partial charge in [-0.15, -0.1) is 0 Å². The minimum atomic E-state index is -0.967. The summed E-state index contributed by atoms with van der Waals surface area (Å²) in [7, 11) is 0. The van der Waals surface area contributed by atoms with Gasteiger partial charge in [-0.05, 0) is 31.5 Å². The van der Waals surface area contributed by atoms with E-state index < -0.39 is 41.6 Å². The summed E-state index contributed by atoms with van der Waals surface area (Å²) in [6.07, 6.45) is -1.80. The van der Waals surface area contributed by atoms with Crippen LogP contribution in [0, 0.1) is 11.3 Å².